The second-order valence-corrected chi connectivity index (χ2v) is 4.23. The monoisotopic (exact) mass is 231 g/mol. The Labute approximate surface area is 101 Å². The van der Waals surface area contributed by atoms with E-state index in [-0.39, 0.29) is 0 Å². The Morgan fingerprint density at radius 1 is 1.35 bits per heavy atom. The summed E-state index contributed by atoms with van der Waals surface area (Å²) in [4.78, 5) is 4.19. The van der Waals surface area contributed by atoms with E-state index in [1.165, 1.54) is 0 Å². The highest BCUT2D eigenvalue weighted by molar-refractivity contribution is 5.16. The van der Waals surface area contributed by atoms with Crippen molar-refractivity contribution in [3.8, 4) is 0 Å². The molecule has 2 aromatic heterocycles. The van der Waals surface area contributed by atoms with E-state index >= 15 is 0 Å². The van der Waals surface area contributed by atoms with Gasteiger partial charge in [0, 0.05) is 30.8 Å². The van der Waals surface area contributed by atoms with Gasteiger partial charge in [-0.25, -0.2) is 0 Å². The number of aliphatic hydroxyl groups is 1. The number of aryl methyl sites for hydroxylation is 3. The predicted octanol–water partition coefficient (Wildman–Crippen LogP) is 1.79. The van der Waals surface area contributed by atoms with Gasteiger partial charge in [-0.15, -0.1) is 0 Å². The van der Waals surface area contributed by atoms with Crippen LogP contribution in [0.25, 0.3) is 0 Å². The summed E-state index contributed by atoms with van der Waals surface area (Å²) in [5.74, 6) is 0. The van der Waals surface area contributed by atoms with Crippen molar-refractivity contribution in [3.05, 3.63) is 47.5 Å². The van der Waals surface area contributed by atoms with Crippen molar-refractivity contribution < 1.29 is 5.11 Å². The molecule has 0 radical (unpaired) electrons. The maximum absolute atomic E-state index is 10.0. The first-order chi connectivity index (χ1) is 8.16. The van der Waals surface area contributed by atoms with Crippen molar-refractivity contribution in [3.63, 3.8) is 0 Å². The summed E-state index contributed by atoms with van der Waals surface area (Å²) in [5.41, 5.74) is 2.97. The Morgan fingerprint density at radius 3 is 2.76 bits per heavy atom. The third kappa shape index (κ3) is 2.91. The molecule has 2 aromatic rings. The van der Waals surface area contributed by atoms with Crippen molar-refractivity contribution in [2.45, 2.75) is 25.9 Å². The fourth-order valence-electron chi connectivity index (χ4n) is 1.77. The van der Waals surface area contributed by atoms with Crippen LogP contribution in [0.2, 0.25) is 0 Å². The molecule has 4 nitrogen and oxygen atoms in total. The summed E-state index contributed by atoms with van der Waals surface area (Å²) < 4.78 is 1.83. The van der Waals surface area contributed by atoms with Gasteiger partial charge in [0.05, 0.1) is 6.10 Å². The molecule has 1 atom stereocenters. The van der Waals surface area contributed by atoms with Crippen LogP contribution in [-0.2, 0) is 13.5 Å². The second kappa shape index (κ2) is 5.10. The molecule has 0 aliphatic carbocycles. The maximum atomic E-state index is 10.0. The topological polar surface area (TPSA) is 50.9 Å². The molecule has 0 fully saturated rings. The van der Waals surface area contributed by atoms with Crippen molar-refractivity contribution in [2.75, 3.05) is 0 Å². The maximum Gasteiger partial charge on any atom is 0.0808 e. The summed E-state index contributed by atoms with van der Waals surface area (Å²) in [5, 5.41) is 14.1. The summed E-state index contributed by atoms with van der Waals surface area (Å²) in [6.07, 6.45) is 4.55. The van der Waals surface area contributed by atoms with E-state index in [0.29, 0.717) is 6.42 Å². The van der Waals surface area contributed by atoms with Crippen LogP contribution < -0.4 is 0 Å². The molecule has 2 rings (SSSR count). The fraction of sp³-hybridized carbons (Fsp3) is 0.385. The largest absolute Gasteiger partial charge is 0.388 e. The van der Waals surface area contributed by atoms with Crippen molar-refractivity contribution in [1.82, 2.24) is 14.8 Å². The van der Waals surface area contributed by atoms with E-state index in [9.17, 15) is 5.11 Å². The standard InChI is InChI=1S/C13H17N3O/c1-10-3-4-11(9-14-10)13(17)6-5-12-7-8-15-16(12)2/h3-4,7-9,13,17H,5-6H2,1-2H3. The number of hydrogen-bond acceptors (Lipinski definition) is 3. The highest BCUT2D eigenvalue weighted by Gasteiger charge is 2.09. The lowest BCUT2D eigenvalue weighted by atomic mass is 10.1. The first-order valence-electron chi connectivity index (χ1n) is 5.74. The number of nitrogens with zero attached hydrogens (tertiary/aromatic N) is 3. The molecule has 0 bridgehead atoms. The Bertz CT molecular complexity index is 476. The van der Waals surface area contributed by atoms with E-state index in [0.717, 1.165) is 23.4 Å². The highest BCUT2D eigenvalue weighted by atomic mass is 16.3. The van der Waals surface area contributed by atoms with Gasteiger partial charge in [-0.2, -0.15) is 5.10 Å². The fourth-order valence-corrected chi connectivity index (χ4v) is 1.77. The van der Waals surface area contributed by atoms with Gasteiger partial charge in [-0.05, 0) is 37.5 Å². The summed E-state index contributed by atoms with van der Waals surface area (Å²) >= 11 is 0. The quantitative estimate of drug-likeness (QED) is 0.872. The Kier molecular flexibility index (Phi) is 3.54. The van der Waals surface area contributed by atoms with Gasteiger partial charge in [0.2, 0.25) is 0 Å². The SMILES string of the molecule is Cc1ccc(C(O)CCc2ccnn2C)cn1. The molecule has 0 spiro atoms. The second-order valence-electron chi connectivity index (χ2n) is 4.23. The number of pyridine rings is 1. The predicted molar refractivity (Wildman–Crippen MR) is 65.5 cm³/mol. The van der Waals surface area contributed by atoms with Gasteiger partial charge >= 0.3 is 0 Å². The molecular formula is C13H17N3O. The molecule has 0 aromatic carbocycles. The van der Waals surface area contributed by atoms with Crippen LogP contribution in [0.1, 0.15) is 29.5 Å². The van der Waals surface area contributed by atoms with Gasteiger partial charge in [0.25, 0.3) is 0 Å². The van der Waals surface area contributed by atoms with E-state index < -0.39 is 6.10 Å². The van der Waals surface area contributed by atoms with Crippen LogP contribution in [0.5, 0.6) is 0 Å². The molecule has 0 saturated heterocycles. The zero-order valence-corrected chi connectivity index (χ0v) is 10.2. The zero-order valence-electron chi connectivity index (χ0n) is 10.2. The number of rotatable bonds is 4. The average Bonchev–Trinajstić information content (AvgIpc) is 2.73. The Hall–Kier alpha value is -1.68. The lowest BCUT2D eigenvalue weighted by Crippen LogP contribution is -2.04. The number of aliphatic hydroxyl groups excluding tert-OH is 1. The van der Waals surface area contributed by atoms with E-state index in [1.807, 2.05) is 36.9 Å². The van der Waals surface area contributed by atoms with Crippen LogP contribution in [-0.4, -0.2) is 19.9 Å². The first-order valence-corrected chi connectivity index (χ1v) is 5.74. The first kappa shape index (κ1) is 11.8. The van der Waals surface area contributed by atoms with Crippen LogP contribution in [0.3, 0.4) is 0 Å². The van der Waals surface area contributed by atoms with E-state index in [4.69, 9.17) is 0 Å². The summed E-state index contributed by atoms with van der Waals surface area (Å²) in [7, 11) is 1.91. The molecular weight excluding hydrogens is 214 g/mol. The lowest BCUT2D eigenvalue weighted by molar-refractivity contribution is 0.166. The van der Waals surface area contributed by atoms with Crippen LogP contribution in [0.4, 0.5) is 0 Å². The molecule has 4 heteroatoms. The molecule has 0 aliphatic rings. The molecule has 17 heavy (non-hydrogen) atoms. The van der Waals surface area contributed by atoms with Crippen LogP contribution in [0, 0.1) is 6.92 Å². The number of hydrogen-bond donors (Lipinski definition) is 1. The van der Waals surface area contributed by atoms with Gasteiger partial charge in [0.15, 0.2) is 0 Å². The minimum absolute atomic E-state index is 0.460. The minimum Gasteiger partial charge on any atom is -0.388 e. The minimum atomic E-state index is -0.460. The van der Waals surface area contributed by atoms with Crippen molar-refractivity contribution in [1.29, 1.82) is 0 Å². The molecule has 2 heterocycles. The molecule has 0 aliphatic heterocycles. The van der Waals surface area contributed by atoms with Gasteiger partial charge in [-0.1, -0.05) is 6.07 Å². The van der Waals surface area contributed by atoms with Gasteiger partial charge in [-0.3, -0.25) is 9.67 Å². The molecule has 1 unspecified atom stereocenters. The molecule has 0 saturated carbocycles. The average molecular weight is 231 g/mol. The Morgan fingerprint density at radius 2 is 2.18 bits per heavy atom. The van der Waals surface area contributed by atoms with Gasteiger partial charge < -0.3 is 5.11 Å². The van der Waals surface area contributed by atoms with Crippen LogP contribution >= 0.6 is 0 Å². The molecule has 0 amide bonds. The Balaban J connectivity index is 1.95. The van der Waals surface area contributed by atoms with Crippen LogP contribution in [0.15, 0.2) is 30.6 Å². The smallest absolute Gasteiger partial charge is 0.0808 e. The third-order valence-corrected chi connectivity index (χ3v) is 2.92. The van der Waals surface area contributed by atoms with Gasteiger partial charge in [0.1, 0.15) is 0 Å². The van der Waals surface area contributed by atoms with E-state index in [2.05, 4.69) is 10.1 Å². The zero-order chi connectivity index (χ0) is 12.3. The summed E-state index contributed by atoms with van der Waals surface area (Å²) in [6.45, 7) is 1.94. The normalized spacial score (nSPS) is 12.6. The van der Waals surface area contributed by atoms with E-state index in [1.54, 1.807) is 12.4 Å². The highest BCUT2D eigenvalue weighted by Crippen LogP contribution is 2.18. The molecule has 1 N–H and O–H groups in total. The summed E-state index contributed by atoms with van der Waals surface area (Å²) in [6, 6.07) is 5.82. The lowest BCUT2D eigenvalue weighted by Gasteiger charge is -2.10. The van der Waals surface area contributed by atoms with Crippen molar-refractivity contribution in [2.24, 2.45) is 7.05 Å². The third-order valence-electron chi connectivity index (χ3n) is 2.92. The number of aromatic nitrogens is 3. The van der Waals surface area contributed by atoms with Crippen molar-refractivity contribution >= 4 is 0 Å². The molecule has 90 valence electrons.